The molecule has 0 bridgehead atoms. The lowest BCUT2D eigenvalue weighted by atomic mass is 9.81. The Hall–Kier alpha value is -1.85. The van der Waals surface area contributed by atoms with Gasteiger partial charge in [-0.2, -0.15) is 13.2 Å². The standard InChI is InChI=1S/C22H32F3N3O4S/c1-27(2)21(29)28-13-12-19(26-33(3,30)31)20(28)14-32-16-10-8-15(9-11-16)17-6-4-5-7-18(17)22(23,24)25/h4-7,15-16,19-20,26H,8-14H2,1-3H3. The van der Waals surface area contributed by atoms with Gasteiger partial charge in [-0.3, -0.25) is 0 Å². The van der Waals surface area contributed by atoms with Crippen LogP contribution in [0.5, 0.6) is 0 Å². The first kappa shape index (κ1) is 25.8. The average molecular weight is 492 g/mol. The Labute approximate surface area is 193 Å². The van der Waals surface area contributed by atoms with E-state index in [2.05, 4.69) is 4.72 Å². The summed E-state index contributed by atoms with van der Waals surface area (Å²) >= 11 is 0. The predicted molar refractivity (Wildman–Crippen MR) is 118 cm³/mol. The van der Waals surface area contributed by atoms with E-state index in [4.69, 9.17) is 4.74 Å². The number of urea groups is 1. The number of ether oxygens (including phenoxy) is 1. The maximum atomic E-state index is 13.4. The minimum Gasteiger partial charge on any atom is -0.376 e. The monoisotopic (exact) mass is 491 g/mol. The zero-order chi connectivity index (χ0) is 24.4. The van der Waals surface area contributed by atoms with E-state index in [9.17, 15) is 26.4 Å². The molecule has 1 aliphatic heterocycles. The van der Waals surface area contributed by atoms with Gasteiger partial charge in [0.25, 0.3) is 0 Å². The van der Waals surface area contributed by atoms with Crippen LogP contribution < -0.4 is 4.72 Å². The third-order valence-electron chi connectivity index (χ3n) is 6.42. The fraction of sp³-hybridized carbons (Fsp3) is 0.682. The minimum atomic E-state index is -4.38. The summed E-state index contributed by atoms with van der Waals surface area (Å²) < 4.78 is 72.4. The fourth-order valence-electron chi connectivity index (χ4n) is 4.85. The number of halogens is 3. The first-order valence-corrected chi connectivity index (χ1v) is 13.0. The van der Waals surface area contributed by atoms with Gasteiger partial charge < -0.3 is 14.5 Å². The molecule has 2 amide bonds. The van der Waals surface area contributed by atoms with Crippen LogP contribution in [0.25, 0.3) is 0 Å². The van der Waals surface area contributed by atoms with Crippen LogP contribution in [-0.2, 0) is 20.9 Å². The maximum absolute atomic E-state index is 13.4. The van der Waals surface area contributed by atoms with E-state index in [1.807, 2.05) is 0 Å². The largest absolute Gasteiger partial charge is 0.416 e. The molecule has 1 saturated carbocycles. The molecule has 186 valence electrons. The summed E-state index contributed by atoms with van der Waals surface area (Å²) in [6.07, 6.45) is -0.582. The summed E-state index contributed by atoms with van der Waals surface area (Å²) in [5.41, 5.74) is -0.243. The molecule has 2 aliphatic rings. The van der Waals surface area contributed by atoms with Crippen LogP contribution in [0.4, 0.5) is 18.0 Å². The molecule has 2 fully saturated rings. The first-order valence-electron chi connectivity index (χ1n) is 11.1. The van der Waals surface area contributed by atoms with Crippen LogP contribution >= 0.6 is 0 Å². The number of rotatable bonds is 6. The number of sulfonamides is 1. The molecule has 1 aromatic rings. The number of carbonyl (C=O) groups excluding carboxylic acids is 1. The second kappa shape index (κ2) is 10.2. The van der Waals surface area contributed by atoms with E-state index in [1.165, 1.54) is 11.0 Å². The van der Waals surface area contributed by atoms with E-state index in [0.29, 0.717) is 44.2 Å². The van der Waals surface area contributed by atoms with Crippen molar-refractivity contribution in [1.82, 2.24) is 14.5 Å². The number of hydrogen-bond donors (Lipinski definition) is 1. The Morgan fingerprint density at radius 1 is 1.15 bits per heavy atom. The minimum absolute atomic E-state index is 0.143. The molecule has 11 heteroatoms. The van der Waals surface area contributed by atoms with Gasteiger partial charge in [0.1, 0.15) is 0 Å². The summed E-state index contributed by atoms with van der Waals surface area (Å²) in [7, 11) is -0.183. The highest BCUT2D eigenvalue weighted by Crippen LogP contribution is 2.41. The molecule has 2 atom stereocenters. The van der Waals surface area contributed by atoms with Gasteiger partial charge in [-0.1, -0.05) is 18.2 Å². The lowest BCUT2D eigenvalue weighted by Crippen LogP contribution is -2.51. The third-order valence-corrected chi connectivity index (χ3v) is 7.15. The molecule has 1 N–H and O–H groups in total. The Morgan fingerprint density at radius 3 is 2.36 bits per heavy atom. The van der Waals surface area contributed by atoms with Gasteiger partial charge in [0.05, 0.1) is 30.6 Å². The second-order valence-electron chi connectivity index (χ2n) is 9.11. The molecule has 1 aromatic carbocycles. The van der Waals surface area contributed by atoms with Crippen LogP contribution in [-0.4, -0.2) is 75.9 Å². The quantitative estimate of drug-likeness (QED) is 0.662. The molecule has 0 aromatic heterocycles. The Balaban J connectivity index is 1.62. The van der Waals surface area contributed by atoms with Crippen molar-refractivity contribution >= 4 is 16.1 Å². The van der Waals surface area contributed by atoms with Gasteiger partial charge >= 0.3 is 12.2 Å². The van der Waals surface area contributed by atoms with Crippen molar-refractivity contribution in [3.05, 3.63) is 35.4 Å². The van der Waals surface area contributed by atoms with Crippen LogP contribution in [0.2, 0.25) is 0 Å². The van der Waals surface area contributed by atoms with E-state index < -0.39 is 33.8 Å². The lowest BCUT2D eigenvalue weighted by molar-refractivity contribution is -0.138. The Morgan fingerprint density at radius 2 is 1.79 bits per heavy atom. The molecule has 1 saturated heterocycles. The molecule has 2 unspecified atom stereocenters. The zero-order valence-corrected chi connectivity index (χ0v) is 20.0. The summed E-state index contributed by atoms with van der Waals surface area (Å²) in [5, 5.41) is 0. The van der Waals surface area contributed by atoms with E-state index >= 15 is 0 Å². The number of likely N-dealkylation sites (tertiary alicyclic amines) is 1. The second-order valence-corrected chi connectivity index (χ2v) is 10.9. The predicted octanol–water partition coefficient (Wildman–Crippen LogP) is 3.42. The average Bonchev–Trinajstić information content (AvgIpc) is 3.12. The topological polar surface area (TPSA) is 79.0 Å². The first-order chi connectivity index (χ1) is 15.4. The number of amides is 2. The Bertz CT molecular complexity index is 931. The number of carbonyl (C=O) groups is 1. The molecule has 1 heterocycles. The van der Waals surface area contributed by atoms with Crippen molar-refractivity contribution < 1.29 is 31.1 Å². The molecule has 1 aliphatic carbocycles. The summed E-state index contributed by atoms with van der Waals surface area (Å²) in [5.74, 6) is -0.180. The van der Waals surface area contributed by atoms with Crippen LogP contribution in [0, 0.1) is 0 Å². The molecule has 0 radical (unpaired) electrons. The Kier molecular flexibility index (Phi) is 7.95. The number of benzene rings is 1. The maximum Gasteiger partial charge on any atom is 0.416 e. The summed E-state index contributed by atoms with van der Waals surface area (Å²) in [4.78, 5) is 15.6. The smallest absolute Gasteiger partial charge is 0.376 e. The van der Waals surface area contributed by atoms with Crippen LogP contribution in [0.15, 0.2) is 24.3 Å². The number of hydrogen-bond acceptors (Lipinski definition) is 4. The molecular weight excluding hydrogens is 459 g/mol. The molecule has 3 rings (SSSR count). The van der Waals surface area contributed by atoms with Gasteiger partial charge in [-0.15, -0.1) is 0 Å². The highest BCUT2D eigenvalue weighted by molar-refractivity contribution is 7.88. The van der Waals surface area contributed by atoms with Gasteiger partial charge in [-0.25, -0.2) is 17.9 Å². The zero-order valence-electron chi connectivity index (χ0n) is 19.1. The van der Waals surface area contributed by atoms with Crippen LogP contribution in [0.3, 0.4) is 0 Å². The lowest BCUT2D eigenvalue weighted by Gasteiger charge is -2.34. The normalized spacial score (nSPS) is 26.4. The van der Waals surface area contributed by atoms with E-state index in [-0.39, 0.29) is 24.7 Å². The third kappa shape index (κ3) is 6.60. The number of alkyl halides is 3. The highest BCUT2D eigenvalue weighted by atomic mass is 32.2. The van der Waals surface area contributed by atoms with Crippen molar-refractivity contribution in [3.63, 3.8) is 0 Å². The van der Waals surface area contributed by atoms with Crippen molar-refractivity contribution in [2.24, 2.45) is 0 Å². The fourth-order valence-corrected chi connectivity index (χ4v) is 5.68. The highest BCUT2D eigenvalue weighted by Gasteiger charge is 2.40. The molecule has 7 nitrogen and oxygen atoms in total. The number of nitrogens with zero attached hydrogens (tertiary/aromatic N) is 2. The number of nitrogens with one attached hydrogen (secondary N) is 1. The van der Waals surface area contributed by atoms with Gasteiger partial charge in [0.15, 0.2) is 0 Å². The van der Waals surface area contributed by atoms with Gasteiger partial charge in [0, 0.05) is 26.7 Å². The SMILES string of the molecule is CN(C)C(=O)N1CCC(NS(C)(=O)=O)C1COC1CCC(c2ccccc2C(F)(F)F)CC1. The van der Waals surface area contributed by atoms with Crippen LogP contribution in [0.1, 0.15) is 49.1 Å². The van der Waals surface area contributed by atoms with E-state index in [0.717, 1.165) is 12.3 Å². The van der Waals surface area contributed by atoms with Crippen molar-refractivity contribution in [2.75, 3.05) is 33.5 Å². The van der Waals surface area contributed by atoms with Crippen molar-refractivity contribution in [1.29, 1.82) is 0 Å². The summed E-state index contributed by atoms with van der Waals surface area (Å²) in [6.45, 7) is 0.584. The van der Waals surface area contributed by atoms with Crippen molar-refractivity contribution in [2.45, 2.75) is 62.4 Å². The van der Waals surface area contributed by atoms with E-state index in [1.54, 1.807) is 31.1 Å². The molecular formula is C22H32F3N3O4S. The van der Waals surface area contributed by atoms with Gasteiger partial charge in [-0.05, 0) is 49.7 Å². The summed E-state index contributed by atoms with van der Waals surface area (Å²) in [6, 6.07) is 4.62. The van der Waals surface area contributed by atoms with Crippen molar-refractivity contribution in [3.8, 4) is 0 Å². The van der Waals surface area contributed by atoms with Gasteiger partial charge in [0.2, 0.25) is 10.0 Å². The molecule has 33 heavy (non-hydrogen) atoms. The molecule has 0 spiro atoms.